The molecule has 0 saturated carbocycles. The highest BCUT2D eigenvalue weighted by Gasteiger charge is 2.30. The summed E-state index contributed by atoms with van der Waals surface area (Å²) in [5, 5.41) is 17.1. The van der Waals surface area contributed by atoms with Crippen LogP contribution in [0.2, 0.25) is 0 Å². The molecule has 18 heavy (non-hydrogen) atoms. The van der Waals surface area contributed by atoms with E-state index in [0.717, 1.165) is 11.5 Å². The van der Waals surface area contributed by atoms with Crippen molar-refractivity contribution >= 4 is 34.3 Å². The van der Waals surface area contributed by atoms with Crippen molar-refractivity contribution < 1.29 is 14.7 Å². The maximum Gasteiger partial charge on any atom is 0.337 e. The molecule has 0 aromatic rings. The molecule has 0 aromatic carbocycles. The predicted molar refractivity (Wildman–Crippen MR) is 72.4 cm³/mol. The maximum atomic E-state index is 11.1. The number of carboxylic acid groups (broad SMARTS) is 1. The van der Waals surface area contributed by atoms with Gasteiger partial charge < -0.3 is 15.4 Å². The van der Waals surface area contributed by atoms with E-state index in [0.29, 0.717) is 12.1 Å². The number of nitrogens with one attached hydrogen (secondary N) is 2. The number of halogens is 1. The molecular formula is C11H14BrN3O3. The molecule has 0 radical (unpaired) electrons. The van der Waals surface area contributed by atoms with Gasteiger partial charge in [-0.3, -0.25) is 4.99 Å². The largest absolute Gasteiger partial charge is 0.478 e. The molecule has 0 bridgehead atoms. The molecule has 7 heteroatoms. The number of hydroxylamine groups is 1. The van der Waals surface area contributed by atoms with Gasteiger partial charge in [0.05, 0.1) is 6.04 Å². The molecular weight excluding hydrogens is 302 g/mol. The molecule has 0 aromatic heterocycles. The number of aliphatic carboxylic acids is 1. The maximum absolute atomic E-state index is 11.1. The minimum atomic E-state index is -1.06. The van der Waals surface area contributed by atoms with Gasteiger partial charge in [0.1, 0.15) is 5.57 Å². The SMILES string of the molecule is CC1NOC(C(C=N)=CC=NCCBr)=C1C(=O)O. The first-order chi connectivity index (χ1) is 8.61. The average molecular weight is 316 g/mol. The van der Waals surface area contributed by atoms with Crippen molar-refractivity contribution in [3.63, 3.8) is 0 Å². The van der Waals surface area contributed by atoms with Gasteiger partial charge in [0.2, 0.25) is 0 Å². The van der Waals surface area contributed by atoms with Gasteiger partial charge in [-0.2, -0.15) is 0 Å². The topological polar surface area (TPSA) is 94.8 Å². The number of carbonyl (C=O) groups is 1. The predicted octanol–water partition coefficient (Wildman–Crippen LogP) is 1.29. The summed E-state index contributed by atoms with van der Waals surface area (Å²) >= 11 is 3.24. The zero-order chi connectivity index (χ0) is 13.5. The lowest BCUT2D eigenvalue weighted by molar-refractivity contribution is -0.132. The molecule has 1 atom stereocenters. The van der Waals surface area contributed by atoms with Gasteiger partial charge in [-0.25, -0.2) is 4.79 Å². The molecule has 1 aliphatic rings. The minimum absolute atomic E-state index is 0.110. The number of nitrogens with zero attached hydrogens (tertiary/aromatic N) is 1. The summed E-state index contributed by atoms with van der Waals surface area (Å²) in [4.78, 5) is 20.2. The van der Waals surface area contributed by atoms with Crippen LogP contribution in [0, 0.1) is 5.41 Å². The fourth-order valence-electron chi connectivity index (χ4n) is 1.40. The van der Waals surface area contributed by atoms with Crippen molar-refractivity contribution in [3.8, 4) is 0 Å². The van der Waals surface area contributed by atoms with E-state index in [9.17, 15) is 4.79 Å². The molecule has 0 amide bonds. The molecule has 0 saturated heterocycles. The van der Waals surface area contributed by atoms with Crippen molar-refractivity contribution in [1.29, 1.82) is 5.41 Å². The lowest BCUT2D eigenvalue weighted by Crippen LogP contribution is -2.23. The third-order valence-electron chi connectivity index (χ3n) is 2.24. The van der Waals surface area contributed by atoms with Crippen molar-refractivity contribution in [2.75, 3.05) is 11.9 Å². The lowest BCUT2D eigenvalue weighted by atomic mass is 10.1. The highest BCUT2D eigenvalue weighted by molar-refractivity contribution is 9.09. The zero-order valence-corrected chi connectivity index (χ0v) is 11.4. The Labute approximate surface area is 113 Å². The summed E-state index contributed by atoms with van der Waals surface area (Å²) in [6.45, 7) is 2.29. The fraction of sp³-hybridized carbons (Fsp3) is 0.364. The number of aliphatic imine (C=N–C) groups is 1. The number of hydrogen-bond acceptors (Lipinski definition) is 5. The monoisotopic (exact) mass is 315 g/mol. The Morgan fingerprint density at radius 3 is 3.00 bits per heavy atom. The van der Waals surface area contributed by atoms with Crippen molar-refractivity contribution in [3.05, 3.63) is 23.0 Å². The van der Waals surface area contributed by atoms with Gasteiger partial charge in [-0.05, 0) is 13.0 Å². The normalized spacial score (nSPS) is 20.3. The van der Waals surface area contributed by atoms with Crippen LogP contribution in [-0.4, -0.2) is 41.4 Å². The standard InChI is InChI=1S/C11H14BrN3O3/c1-7-9(11(16)17)10(18-15-7)8(6-13)2-4-14-5-3-12/h2,4,6-7,13,15H,3,5H2,1H3,(H,16,17). The van der Waals surface area contributed by atoms with Gasteiger partial charge in [0.15, 0.2) is 5.76 Å². The fourth-order valence-corrected chi connectivity index (χ4v) is 1.61. The Morgan fingerprint density at radius 2 is 2.44 bits per heavy atom. The van der Waals surface area contributed by atoms with Gasteiger partial charge in [-0.15, -0.1) is 5.48 Å². The van der Waals surface area contributed by atoms with E-state index < -0.39 is 12.0 Å². The van der Waals surface area contributed by atoms with Gasteiger partial charge in [-0.1, -0.05) is 15.9 Å². The quantitative estimate of drug-likeness (QED) is 0.508. The van der Waals surface area contributed by atoms with Crippen LogP contribution in [0.25, 0.3) is 0 Å². The van der Waals surface area contributed by atoms with Gasteiger partial charge >= 0.3 is 5.97 Å². The summed E-state index contributed by atoms with van der Waals surface area (Å²) in [5.41, 5.74) is 3.04. The lowest BCUT2D eigenvalue weighted by Gasteiger charge is -2.02. The first kappa shape index (κ1) is 14.6. The second-order valence-electron chi connectivity index (χ2n) is 3.50. The Bertz CT molecular complexity index is 429. The van der Waals surface area contributed by atoms with Crippen LogP contribution in [0.5, 0.6) is 0 Å². The van der Waals surface area contributed by atoms with E-state index in [2.05, 4.69) is 26.4 Å². The molecule has 0 aliphatic carbocycles. The van der Waals surface area contributed by atoms with Crippen LogP contribution < -0.4 is 5.48 Å². The second kappa shape index (κ2) is 7.07. The minimum Gasteiger partial charge on any atom is -0.478 e. The third-order valence-corrected chi connectivity index (χ3v) is 2.59. The molecule has 98 valence electrons. The Hall–Kier alpha value is -1.47. The van der Waals surface area contributed by atoms with E-state index in [4.69, 9.17) is 15.4 Å². The summed E-state index contributed by atoms with van der Waals surface area (Å²) in [7, 11) is 0. The summed E-state index contributed by atoms with van der Waals surface area (Å²) in [5.74, 6) is -0.900. The van der Waals surface area contributed by atoms with Crippen LogP contribution in [0.3, 0.4) is 0 Å². The highest BCUT2D eigenvalue weighted by atomic mass is 79.9. The van der Waals surface area contributed by atoms with Crippen molar-refractivity contribution in [2.45, 2.75) is 13.0 Å². The van der Waals surface area contributed by atoms with E-state index in [1.165, 1.54) is 6.21 Å². The Kier molecular flexibility index (Phi) is 5.73. The third kappa shape index (κ3) is 3.51. The highest BCUT2D eigenvalue weighted by Crippen LogP contribution is 2.23. The van der Waals surface area contributed by atoms with Crippen LogP contribution >= 0.6 is 15.9 Å². The zero-order valence-electron chi connectivity index (χ0n) is 9.81. The molecule has 3 N–H and O–H groups in total. The van der Waals surface area contributed by atoms with Crippen molar-refractivity contribution in [2.24, 2.45) is 4.99 Å². The number of allylic oxidation sites excluding steroid dienone is 2. The van der Waals surface area contributed by atoms with Crippen LogP contribution in [0.4, 0.5) is 0 Å². The Morgan fingerprint density at radius 1 is 1.72 bits per heavy atom. The van der Waals surface area contributed by atoms with Gasteiger partial charge in [0.25, 0.3) is 0 Å². The molecule has 0 fully saturated rings. The molecule has 1 rings (SSSR count). The van der Waals surface area contributed by atoms with E-state index >= 15 is 0 Å². The first-order valence-electron chi connectivity index (χ1n) is 5.28. The van der Waals surface area contributed by atoms with Crippen LogP contribution in [0.1, 0.15) is 6.92 Å². The molecule has 6 nitrogen and oxygen atoms in total. The number of alkyl halides is 1. The Balaban J connectivity index is 3.00. The summed E-state index contributed by atoms with van der Waals surface area (Å²) in [6.07, 6.45) is 4.12. The number of carboxylic acids is 1. The van der Waals surface area contributed by atoms with Gasteiger partial charge in [0, 0.05) is 29.9 Å². The summed E-state index contributed by atoms with van der Waals surface area (Å²) < 4.78 is 0. The molecule has 0 spiro atoms. The van der Waals surface area contributed by atoms with E-state index in [1.807, 2.05) is 0 Å². The van der Waals surface area contributed by atoms with Crippen LogP contribution in [-0.2, 0) is 9.63 Å². The number of rotatable bonds is 6. The van der Waals surface area contributed by atoms with Crippen molar-refractivity contribution in [1.82, 2.24) is 5.48 Å². The van der Waals surface area contributed by atoms with E-state index in [1.54, 1.807) is 13.0 Å². The second-order valence-corrected chi connectivity index (χ2v) is 4.29. The first-order valence-corrected chi connectivity index (χ1v) is 6.40. The molecule has 1 heterocycles. The molecule has 1 aliphatic heterocycles. The summed E-state index contributed by atoms with van der Waals surface area (Å²) in [6, 6.07) is -0.416. The van der Waals surface area contributed by atoms with E-state index in [-0.39, 0.29) is 11.3 Å². The number of hydrogen-bond donors (Lipinski definition) is 3. The molecule has 1 unspecified atom stereocenters. The average Bonchev–Trinajstić information content (AvgIpc) is 2.71. The smallest absolute Gasteiger partial charge is 0.337 e. The van der Waals surface area contributed by atoms with Crippen LogP contribution in [0.15, 0.2) is 28.0 Å².